The summed E-state index contributed by atoms with van der Waals surface area (Å²) in [6, 6.07) is 8.39. The molecule has 0 unspecified atom stereocenters. The van der Waals surface area contributed by atoms with E-state index < -0.39 is 10.0 Å². The van der Waals surface area contributed by atoms with Gasteiger partial charge in [-0.25, -0.2) is 13.1 Å². The first kappa shape index (κ1) is 15.0. The van der Waals surface area contributed by atoms with Gasteiger partial charge >= 0.3 is 0 Å². The second kappa shape index (κ2) is 6.34. The quantitative estimate of drug-likeness (QED) is 0.802. The molecule has 7 heteroatoms. The zero-order chi connectivity index (χ0) is 14.6. The van der Waals surface area contributed by atoms with Gasteiger partial charge in [0.05, 0.1) is 5.69 Å². The van der Waals surface area contributed by atoms with Crippen LogP contribution in [0.5, 0.6) is 0 Å². The Balaban J connectivity index is 2.04. The molecule has 2 aromatic rings. The summed E-state index contributed by atoms with van der Waals surface area (Å²) in [4.78, 5) is 4.00. The summed E-state index contributed by atoms with van der Waals surface area (Å²) in [5, 5.41) is 0. The summed E-state index contributed by atoms with van der Waals surface area (Å²) in [6.07, 6.45) is 3.95. The van der Waals surface area contributed by atoms with Crippen LogP contribution in [0.25, 0.3) is 0 Å². The number of sulfonamides is 1. The fraction of sp³-hybridized carbons (Fsp3) is 0.154. The molecule has 0 aliphatic heterocycles. The van der Waals surface area contributed by atoms with Crippen LogP contribution in [0.2, 0.25) is 0 Å². The molecule has 20 heavy (non-hydrogen) atoms. The van der Waals surface area contributed by atoms with Crippen LogP contribution in [-0.4, -0.2) is 19.9 Å². The van der Waals surface area contributed by atoms with Crippen molar-refractivity contribution in [2.24, 2.45) is 0 Å². The van der Waals surface area contributed by atoms with E-state index in [-0.39, 0.29) is 10.6 Å². The Morgan fingerprint density at radius 1 is 1.20 bits per heavy atom. The Morgan fingerprint density at radius 3 is 2.55 bits per heavy atom. The van der Waals surface area contributed by atoms with Crippen molar-refractivity contribution in [1.29, 1.82) is 0 Å². The number of halogens is 1. The predicted octanol–water partition coefficient (Wildman–Crippen LogP) is 1.95. The highest BCUT2D eigenvalue weighted by molar-refractivity contribution is 9.10. The number of aromatic nitrogens is 1. The first-order valence-corrected chi connectivity index (χ1v) is 8.20. The van der Waals surface area contributed by atoms with Gasteiger partial charge in [-0.2, -0.15) is 0 Å². The third-order valence-corrected chi connectivity index (χ3v) is 4.74. The van der Waals surface area contributed by atoms with Gasteiger partial charge in [0, 0.05) is 23.4 Å². The smallest absolute Gasteiger partial charge is 0.242 e. The van der Waals surface area contributed by atoms with E-state index in [1.165, 1.54) is 6.07 Å². The Hall–Kier alpha value is -1.44. The highest BCUT2D eigenvalue weighted by Crippen LogP contribution is 2.22. The van der Waals surface area contributed by atoms with Gasteiger partial charge in [-0.3, -0.25) is 4.98 Å². The topological polar surface area (TPSA) is 85.1 Å². The Labute approximate surface area is 126 Å². The molecule has 1 heterocycles. The fourth-order valence-electron chi connectivity index (χ4n) is 1.72. The molecule has 0 bridgehead atoms. The van der Waals surface area contributed by atoms with Crippen molar-refractivity contribution in [2.75, 3.05) is 12.3 Å². The average molecular weight is 356 g/mol. The summed E-state index contributed by atoms with van der Waals surface area (Å²) in [6.45, 7) is 0.307. The molecule has 0 spiro atoms. The van der Waals surface area contributed by atoms with Gasteiger partial charge in [-0.05, 0) is 42.3 Å². The summed E-state index contributed by atoms with van der Waals surface area (Å²) in [5.74, 6) is 0. The SMILES string of the molecule is Nc1cc(Br)ccc1S(=O)(=O)NCCc1ccncc1. The fourth-order valence-corrected chi connectivity index (χ4v) is 3.24. The number of pyridine rings is 1. The lowest BCUT2D eigenvalue weighted by molar-refractivity contribution is 0.582. The van der Waals surface area contributed by atoms with E-state index in [9.17, 15) is 8.42 Å². The van der Waals surface area contributed by atoms with Crippen molar-refractivity contribution >= 4 is 31.6 Å². The predicted molar refractivity (Wildman–Crippen MR) is 81.7 cm³/mol. The van der Waals surface area contributed by atoms with Gasteiger partial charge in [0.15, 0.2) is 0 Å². The maximum atomic E-state index is 12.1. The van der Waals surface area contributed by atoms with Crippen LogP contribution in [0.1, 0.15) is 5.56 Å². The molecule has 0 amide bonds. The number of hydrogen-bond acceptors (Lipinski definition) is 4. The average Bonchev–Trinajstić information content (AvgIpc) is 2.39. The minimum atomic E-state index is -3.59. The molecule has 3 N–H and O–H groups in total. The van der Waals surface area contributed by atoms with Crippen molar-refractivity contribution in [3.8, 4) is 0 Å². The third kappa shape index (κ3) is 3.78. The zero-order valence-corrected chi connectivity index (χ0v) is 13.0. The maximum absolute atomic E-state index is 12.1. The second-order valence-corrected chi connectivity index (χ2v) is 6.84. The van der Waals surface area contributed by atoms with Crippen LogP contribution in [0.4, 0.5) is 5.69 Å². The van der Waals surface area contributed by atoms with E-state index in [0.717, 1.165) is 10.0 Å². The largest absolute Gasteiger partial charge is 0.398 e. The molecule has 0 aliphatic carbocycles. The van der Waals surface area contributed by atoms with Gasteiger partial charge in [-0.15, -0.1) is 0 Å². The van der Waals surface area contributed by atoms with Gasteiger partial charge in [-0.1, -0.05) is 15.9 Å². The summed E-state index contributed by atoms with van der Waals surface area (Å²) in [5.41, 5.74) is 6.97. The van der Waals surface area contributed by atoms with E-state index in [0.29, 0.717) is 13.0 Å². The van der Waals surface area contributed by atoms with E-state index in [4.69, 9.17) is 5.73 Å². The highest BCUT2D eigenvalue weighted by atomic mass is 79.9. The lowest BCUT2D eigenvalue weighted by Crippen LogP contribution is -2.26. The number of anilines is 1. The van der Waals surface area contributed by atoms with Crippen LogP contribution >= 0.6 is 15.9 Å². The molecule has 1 aromatic carbocycles. The molecule has 0 saturated carbocycles. The molecule has 0 radical (unpaired) electrons. The number of nitrogens with zero attached hydrogens (tertiary/aromatic N) is 1. The van der Waals surface area contributed by atoms with Gasteiger partial charge in [0.1, 0.15) is 4.90 Å². The van der Waals surface area contributed by atoms with E-state index in [1.807, 2.05) is 12.1 Å². The van der Waals surface area contributed by atoms with E-state index in [2.05, 4.69) is 25.6 Å². The van der Waals surface area contributed by atoms with E-state index >= 15 is 0 Å². The molecule has 2 rings (SSSR count). The summed E-state index contributed by atoms with van der Waals surface area (Å²) < 4.78 is 27.6. The van der Waals surface area contributed by atoms with Crippen LogP contribution in [0, 0.1) is 0 Å². The van der Waals surface area contributed by atoms with Crippen molar-refractivity contribution < 1.29 is 8.42 Å². The van der Waals surface area contributed by atoms with Crippen molar-refractivity contribution in [3.05, 3.63) is 52.8 Å². The van der Waals surface area contributed by atoms with Crippen LogP contribution < -0.4 is 10.5 Å². The molecule has 0 saturated heterocycles. The summed E-state index contributed by atoms with van der Waals surface area (Å²) in [7, 11) is -3.59. The number of benzene rings is 1. The minimum absolute atomic E-state index is 0.0930. The molecule has 106 valence electrons. The van der Waals surface area contributed by atoms with Crippen LogP contribution in [0.3, 0.4) is 0 Å². The minimum Gasteiger partial charge on any atom is -0.398 e. The number of nitrogens with one attached hydrogen (secondary N) is 1. The number of hydrogen-bond donors (Lipinski definition) is 2. The third-order valence-electron chi connectivity index (χ3n) is 2.72. The molecule has 0 aliphatic rings. The number of nitrogens with two attached hydrogens (primary N) is 1. The molecule has 1 aromatic heterocycles. The van der Waals surface area contributed by atoms with Crippen molar-refractivity contribution in [3.63, 3.8) is 0 Å². The second-order valence-electron chi connectivity index (χ2n) is 4.19. The van der Waals surface area contributed by atoms with Gasteiger partial charge < -0.3 is 5.73 Å². The van der Waals surface area contributed by atoms with Crippen LogP contribution in [0.15, 0.2) is 52.1 Å². The highest BCUT2D eigenvalue weighted by Gasteiger charge is 2.16. The molecular weight excluding hydrogens is 342 g/mol. The Bertz CT molecular complexity index is 690. The molecule has 0 fully saturated rings. The number of nitrogen functional groups attached to an aromatic ring is 1. The molecule has 5 nitrogen and oxygen atoms in total. The maximum Gasteiger partial charge on any atom is 0.242 e. The first-order valence-electron chi connectivity index (χ1n) is 5.92. The zero-order valence-electron chi connectivity index (χ0n) is 10.6. The normalized spacial score (nSPS) is 11.4. The monoisotopic (exact) mass is 355 g/mol. The lowest BCUT2D eigenvalue weighted by Gasteiger charge is -2.09. The van der Waals surface area contributed by atoms with Gasteiger partial charge in [0.2, 0.25) is 10.0 Å². The lowest BCUT2D eigenvalue weighted by atomic mass is 10.2. The summed E-state index contributed by atoms with van der Waals surface area (Å²) >= 11 is 3.25. The molecular formula is C13H14BrN3O2S. The van der Waals surface area contributed by atoms with Gasteiger partial charge in [0.25, 0.3) is 0 Å². The number of rotatable bonds is 5. The Morgan fingerprint density at radius 2 is 1.90 bits per heavy atom. The van der Waals surface area contributed by atoms with Crippen molar-refractivity contribution in [1.82, 2.24) is 9.71 Å². The molecule has 0 atom stereocenters. The van der Waals surface area contributed by atoms with Crippen molar-refractivity contribution in [2.45, 2.75) is 11.3 Å². The van der Waals surface area contributed by atoms with E-state index in [1.54, 1.807) is 24.5 Å². The standard InChI is InChI=1S/C13H14BrN3O2S/c14-11-1-2-13(12(15)9-11)20(18,19)17-8-5-10-3-6-16-7-4-10/h1-4,6-7,9,17H,5,8,15H2. The van der Waals surface area contributed by atoms with Crippen LogP contribution in [-0.2, 0) is 16.4 Å². The Kier molecular flexibility index (Phi) is 4.74. The first-order chi connectivity index (χ1) is 9.49.